The molecule has 0 unspecified atom stereocenters. The van der Waals surface area contributed by atoms with Gasteiger partial charge in [-0.15, -0.1) is 0 Å². The summed E-state index contributed by atoms with van der Waals surface area (Å²) in [5, 5.41) is 3.60. The second-order valence-electron chi connectivity index (χ2n) is 6.27. The highest BCUT2D eigenvalue weighted by molar-refractivity contribution is 5.76. The lowest BCUT2D eigenvalue weighted by molar-refractivity contribution is 1.04. The molecular weight excluding hydrogens is 302 g/mol. The predicted octanol–water partition coefficient (Wildman–Crippen LogP) is 6.53. The van der Waals surface area contributed by atoms with E-state index in [0.29, 0.717) is 0 Å². The van der Waals surface area contributed by atoms with Gasteiger partial charge in [0.25, 0.3) is 0 Å². The molecule has 1 aliphatic carbocycles. The highest BCUT2D eigenvalue weighted by Gasteiger charge is 2.10. The highest BCUT2D eigenvalue weighted by Crippen LogP contribution is 2.30. The number of anilines is 1. The van der Waals surface area contributed by atoms with Gasteiger partial charge in [0.2, 0.25) is 0 Å². The zero-order chi connectivity index (χ0) is 16.9. The molecule has 0 saturated heterocycles. The van der Waals surface area contributed by atoms with E-state index in [2.05, 4.69) is 96.3 Å². The summed E-state index contributed by atoms with van der Waals surface area (Å²) in [5.41, 5.74) is 7.49. The summed E-state index contributed by atoms with van der Waals surface area (Å²) in [6.45, 7) is 0. The van der Waals surface area contributed by atoms with Crippen LogP contribution < -0.4 is 5.32 Å². The molecule has 0 saturated carbocycles. The third-order valence-corrected chi connectivity index (χ3v) is 4.56. The van der Waals surface area contributed by atoms with Crippen LogP contribution in [0.4, 0.5) is 5.69 Å². The molecule has 3 aromatic rings. The van der Waals surface area contributed by atoms with Gasteiger partial charge < -0.3 is 5.32 Å². The van der Waals surface area contributed by atoms with E-state index in [-0.39, 0.29) is 0 Å². The first kappa shape index (κ1) is 15.5. The van der Waals surface area contributed by atoms with Crippen molar-refractivity contribution in [3.8, 4) is 11.1 Å². The van der Waals surface area contributed by atoms with Gasteiger partial charge >= 0.3 is 0 Å². The number of nitrogens with one attached hydrogen (secondary N) is 1. The fraction of sp³-hybridized carbons (Fsp3) is 0.0833. The first-order valence-electron chi connectivity index (χ1n) is 8.78. The van der Waals surface area contributed by atoms with Crippen LogP contribution in [0.1, 0.15) is 18.4 Å². The van der Waals surface area contributed by atoms with Crippen molar-refractivity contribution in [2.45, 2.75) is 12.8 Å². The van der Waals surface area contributed by atoms with Crippen molar-refractivity contribution in [1.29, 1.82) is 0 Å². The van der Waals surface area contributed by atoms with Gasteiger partial charge in [-0.3, -0.25) is 0 Å². The van der Waals surface area contributed by atoms with Crippen molar-refractivity contribution < 1.29 is 0 Å². The molecule has 0 fully saturated rings. The minimum atomic E-state index is 1.07. The van der Waals surface area contributed by atoms with Crippen LogP contribution >= 0.6 is 0 Å². The van der Waals surface area contributed by atoms with Crippen LogP contribution in [0.5, 0.6) is 0 Å². The minimum Gasteiger partial charge on any atom is -0.355 e. The van der Waals surface area contributed by atoms with E-state index >= 15 is 0 Å². The van der Waals surface area contributed by atoms with E-state index in [1.165, 1.54) is 28.0 Å². The number of hydrogen-bond donors (Lipinski definition) is 1. The second-order valence-corrected chi connectivity index (χ2v) is 6.27. The van der Waals surface area contributed by atoms with Crippen LogP contribution in [-0.4, -0.2) is 0 Å². The number of hydrogen-bond acceptors (Lipinski definition) is 1. The Hall–Kier alpha value is -3.06. The molecule has 1 nitrogen and oxygen atoms in total. The zero-order valence-corrected chi connectivity index (χ0v) is 14.2. The third kappa shape index (κ3) is 3.56. The van der Waals surface area contributed by atoms with Gasteiger partial charge in [-0.25, -0.2) is 0 Å². The smallest absolute Gasteiger partial charge is 0.0419 e. The van der Waals surface area contributed by atoms with Crippen LogP contribution in [0.15, 0.2) is 103 Å². The minimum absolute atomic E-state index is 1.07. The summed E-state index contributed by atoms with van der Waals surface area (Å²) in [6.07, 6.45) is 6.62. The Morgan fingerprint density at radius 3 is 1.88 bits per heavy atom. The summed E-state index contributed by atoms with van der Waals surface area (Å²) >= 11 is 0. The van der Waals surface area contributed by atoms with Gasteiger partial charge in [0.05, 0.1) is 0 Å². The SMILES string of the molecule is C1=CC(Nc2ccc(-c3ccccc3)cc2)=C(c2ccccc2)CC1. The number of rotatable bonds is 4. The zero-order valence-electron chi connectivity index (χ0n) is 14.2. The number of benzene rings is 3. The van der Waals surface area contributed by atoms with Gasteiger partial charge in [-0.2, -0.15) is 0 Å². The predicted molar refractivity (Wildman–Crippen MR) is 107 cm³/mol. The maximum Gasteiger partial charge on any atom is 0.0419 e. The molecule has 1 aliphatic rings. The number of allylic oxidation sites excluding steroid dienone is 3. The summed E-state index contributed by atoms with van der Waals surface area (Å²) in [6, 6.07) is 29.8. The van der Waals surface area contributed by atoms with Gasteiger partial charge in [0, 0.05) is 11.4 Å². The molecule has 122 valence electrons. The molecule has 3 aromatic carbocycles. The molecule has 0 atom stereocenters. The Balaban J connectivity index is 1.60. The molecule has 0 spiro atoms. The van der Waals surface area contributed by atoms with Crippen LogP contribution in [0.3, 0.4) is 0 Å². The molecule has 25 heavy (non-hydrogen) atoms. The summed E-state index contributed by atoms with van der Waals surface area (Å²) in [7, 11) is 0. The van der Waals surface area contributed by atoms with Crippen molar-refractivity contribution in [2.24, 2.45) is 0 Å². The van der Waals surface area contributed by atoms with E-state index in [4.69, 9.17) is 0 Å². The maximum atomic E-state index is 3.60. The standard InChI is InChI=1S/C24H21N/c1-3-9-19(10-4-1)20-15-17-22(18-16-20)25-24-14-8-7-13-23(24)21-11-5-2-6-12-21/h1-6,8-12,14-18,25H,7,13H2. The lowest BCUT2D eigenvalue weighted by Gasteiger charge is -2.18. The molecule has 1 N–H and O–H groups in total. The Kier molecular flexibility index (Phi) is 4.47. The Labute approximate surface area is 149 Å². The molecule has 0 radical (unpaired) electrons. The second kappa shape index (κ2) is 7.23. The maximum absolute atomic E-state index is 3.60. The summed E-state index contributed by atoms with van der Waals surface area (Å²) < 4.78 is 0. The summed E-state index contributed by atoms with van der Waals surface area (Å²) in [4.78, 5) is 0. The van der Waals surface area contributed by atoms with Crippen molar-refractivity contribution in [1.82, 2.24) is 0 Å². The van der Waals surface area contributed by atoms with Gasteiger partial charge in [-0.05, 0) is 53.3 Å². The first-order valence-corrected chi connectivity index (χ1v) is 8.78. The summed E-state index contributed by atoms with van der Waals surface area (Å²) in [5.74, 6) is 0. The molecule has 4 rings (SSSR count). The van der Waals surface area contributed by atoms with Crippen molar-refractivity contribution in [3.63, 3.8) is 0 Å². The highest BCUT2D eigenvalue weighted by atomic mass is 14.9. The van der Waals surface area contributed by atoms with E-state index < -0.39 is 0 Å². The van der Waals surface area contributed by atoms with Crippen LogP contribution in [0, 0.1) is 0 Å². The van der Waals surface area contributed by atoms with E-state index in [9.17, 15) is 0 Å². The molecular formula is C24H21N. The topological polar surface area (TPSA) is 12.0 Å². The quantitative estimate of drug-likeness (QED) is 0.576. The van der Waals surface area contributed by atoms with Crippen molar-refractivity contribution >= 4 is 11.3 Å². The lowest BCUT2D eigenvalue weighted by atomic mass is 9.95. The third-order valence-electron chi connectivity index (χ3n) is 4.56. The fourth-order valence-corrected chi connectivity index (χ4v) is 3.25. The lowest BCUT2D eigenvalue weighted by Crippen LogP contribution is -2.04. The molecule has 0 heterocycles. The van der Waals surface area contributed by atoms with Gasteiger partial charge in [0.1, 0.15) is 0 Å². The monoisotopic (exact) mass is 323 g/mol. The van der Waals surface area contributed by atoms with E-state index in [1.807, 2.05) is 6.07 Å². The molecule has 0 bridgehead atoms. The van der Waals surface area contributed by atoms with Gasteiger partial charge in [-0.1, -0.05) is 78.9 Å². The average molecular weight is 323 g/mol. The van der Waals surface area contributed by atoms with Crippen LogP contribution in [0.25, 0.3) is 16.7 Å². The van der Waals surface area contributed by atoms with Gasteiger partial charge in [0.15, 0.2) is 0 Å². The molecule has 0 amide bonds. The largest absolute Gasteiger partial charge is 0.355 e. The molecule has 1 heteroatoms. The Morgan fingerprint density at radius 2 is 1.20 bits per heavy atom. The Morgan fingerprint density at radius 1 is 0.600 bits per heavy atom. The van der Waals surface area contributed by atoms with Crippen molar-refractivity contribution in [3.05, 3.63) is 108 Å². The average Bonchev–Trinajstić information content (AvgIpc) is 2.70. The first-order chi connectivity index (χ1) is 12.4. The van der Waals surface area contributed by atoms with Crippen LogP contribution in [-0.2, 0) is 0 Å². The Bertz CT molecular complexity index is 888. The van der Waals surface area contributed by atoms with E-state index in [0.717, 1.165) is 18.5 Å². The van der Waals surface area contributed by atoms with Crippen LogP contribution in [0.2, 0.25) is 0 Å². The van der Waals surface area contributed by atoms with Crippen molar-refractivity contribution in [2.75, 3.05) is 5.32 Å². The fourth-order valence-electron chi connectivity index (χ4n) is 3.25. The molecule has 0 aliphatic heterocycles. The van der Waals surface area contributed by atoms with E-state index in [1.54, 1.807) is 0 Å². The molecule has 0 aromatic heterocycles. The normalized spacial score (nSPS) is 13.8.